The van der Waals surface area contributed by atoms with Crippen molar-refractivity contribution in [2.75, 3.05) is 0 Å². The first kappa shape index (κ1) is 9.51. The molecule has 0 spiro atoms. The lowest BCUT2D eigenvalue weighted by atomic mass is 10.3. The molecule has 0 saturated heterocycles. The molecule has 2 aromatic rings. The van der Waals surface area contributed by atoms with Gasteiger partial charge in [0.05, 0.1) is 0 Å². The number of hydrogen-bond donors (Lipinski definition) is 0. The van der Waals surface area contributed by atoms with Gasteiger partial charge in [0.15, 0.2) is 11.6 Å². The number of hydrogen-bond acceptors (Lipinski definition) is 3. The van der Waals surface area contributed by atoms with Crippen LogP contribution in [-0.4, -0.2) is 10.2 Å². The van der Waals surface area contributed by atoms with Gasteiger partial charge in [-0.05, 0) is 18.2 Å². The van der Waals surface area contributed by atoms with Gasteiger partial charge >= 0.3 is 0 Å². The number of ether oxygens (including phenoxy) is 1. The molecule has 0 atom stereocenters. The Balaban J connectivity index is 2.32. The smallest absolute Gasteiger partial charge is 0.239 e. The normalized spacial score (nSPS) is 10.0. The van der Waals surface area contributed by atoms with E-state index in [1.807, 2.05) is 0 Å². The Bertz CT molecular complexity index is 442. The lowest BCUT2D eigenvalue weighted by Gasteiger charge is -2.05. The SMILES string of the molecule is Fc1cccc(F)c1Oc1cccnn1. The van der Waals surface area contributed by atoms with Crippen molar-refractivity contribution in [1.82, 2.24) is 10.2 Å². The predicted molar refractivity (Wildman–Crippen MR) is 48.5 cm³/mol. The summed E-state index contributed by atoms with van der Waals surface area (Å²) in [4.78, 5) is 0. The van der Waals surface area contributed by atoms with Crippen LogP contribution < -0.4 is 4.74 Å². The fraction of sp³-hybridized carbons (Fsp3) is 0. The van der Waals surface area contributed by atoms with Gasteiger partial charge in [0, 0.05) is 12.3 Å². The van der Waals surface area contributed by atoms with Gasteiger partial charge in [0.1, 0.15) is 0 Å². The Morgan fingerprint density at radius 2 is 1.73 bits per heavy atom. The largest absolute Gasteiger partial charge is 0.431 e. The van der Waals surface area contributed by atoms with Crippen LogP contribution in [0.3, 0.4) is 0 Å². The van der Waals surface area contributed by atoms with Crippen LogP contribution in [0.5, 0.6) is 11.6 Å². The lowest BCUT2D eigenvalue weighted by molar-refractivity contribution is 0.391. The van der Waals surface area contributed by atoms with Gasteiger partial charge in [-0.3, -0.25) is 0 Å². The average molecular weight is 208 g/mol. The highest BCUT2D eigenvalue weighted by atomic mass is 19.1. The standard InChI is InChI=1S/C10H6F2N2O/c11-7-3-1-4-8(12)10(7)15-9-5-2-6-13-14-9/h1-6H. The number of benzene rings is 1. The van der Waals surface area contributed by atoms with E-state index in [9.17, 15) is 8.78 Å². The molecule has 0 aliphatic rings. The molecular formula is C10H6F2N2O. The fourth-order valence-corrected chi connectivity index (χ4v) is 1.03. The zero-order valence-corrected chi connectivity index (χ0v) is 7.52. The molecule has 0 aliphatic carbocycles. The van der Waals surface area contributed by atoms with E-state index in [0.29, 0.717) is 0 Å². The van der Waals surface area contributed by atoms with Crippen LogP contribution in [0.15, 0.2) is 36.5 Å². The first-order chi connectivity index (χ1) is 7.27. The van der Waals surface area contributed by atoms with Crippen LogP contribution in [0.1, 0.15) is 0 Å². The number of para-hydroxylation sites is 1. The van der Waals surface area contributed by atoms with Crippen molar-refractivity contribution in [2.24, 2.45) is 0 Å². The number of halogens is 2. The van der Waals surface area contributed by atoms with E-state index in [2.05, 4.69) is 10.2 Å². The van der Waals surface area contributed by atoms with Gasteiger partial charge in [-0.2, -0.15) is 5.10 Å². The molecule has 5 heteroatoms. The van der Waals surface area contributed by atoms with Crippen LogP contribution in [0.2, 0.25) is 0 Å². The molecule has 1 heterocycles. The quantitative estimate of drug-likeness (QED) is 0.760. The van der Waals surface area contributed by atoms with Gasteiger partial charge in [-0.1, -0.05) is 6.07 Å². The summed E-state index contributed by atoms with van der Waals surface area (Å²) in [5, 5.41) is 7.07. The molecule has 0 saturated carbocycles. The zero-order valence-electron chi connectivity index (χ0n) is 7.52. The van der Waals surface area contributed by atoms with Crippen LogP contribution in [-0.2, 0) is 0 Å². The molecule has 1 aromatic heterocycles. The van der Waals surface area contributed by atoms with Gasteiger partial charge < -0.3 is 4.74 Å². The van der Waals surface area contributed by atoms with Crippen molar-refractivity contribution in [3.05, 3.63) is 48.2 Å². The topological polar surface area (TPSA) is 35.0 Å². The van der Waals surface area contributed by atoms with Crippen molar-refractivity contribution in [3.8, 4) is 11.6 Å². The molecular weight excluding hydrogens is 202 g/mol. The van der Waals surface area contributed by atoms with Crippen molar-refractivity contribution < 1.29 is 13.5 Å². The minimum absolute atomic E-state index is 0.0431. The Hall–Kier alpha value is -2.04. The average Bonchev–Trinajstić information content (AvgIpc) is 2.25. The highest BCUT2D eigenvalue weighted by molar-refractivity contribution is 5.29. The van der Waals surface area contributed by atoms with Gasteiger partial charge in [-0.15, -0.1) is 5.10 Å². The second kappa shape index (κ2) is 4.00. The summed E-state index contributed by atoms with van der Waals surface area (Å²) in [6.07, 6.45) is 1.44. The summed E-state index contributed by atoms with van der Waals surface area (Å²) in [6.45, 7) is 0. The third kappa shape index (κ3) is 2.07. The van der Waals surface area contributed by atoms with E-state index in [-0.39, 0.29) is 5.88 Å². The molecule has 0 amide bonds. The molecule has 3 nitrogen and oxygen atoms in total. The first-order valence-corrected chi connectivity index (χ1v) is 4.17. The summed E-state index contributed by atoms with van der Waals surface area (Å²) in [5.74, 6) is -1.99. The molecule has 2 rings (SSSR count). The second-order valence-corrected chi connectivity index (χ2v) is 2.71. The summed E-state index contributed by atoms with van der Waals surface area (Å²) < 4.78 is 31.2. The van der Waals surface area contributed by atoms with Crippen LogP contribution in [0.4, 0.5) is 8.78 Å². The van der Waals surface area contributed by atoms with E-state index in [0.717, 1.165) is 12.1 Å². The van der Waals surface area contributed by atoms with E-state index >= 15 is 0 Å². The Labute approximate surface area is 84.3 Å². The van der Waals surface area contributed by atoms with E-state index in [4.69, 9.17) is 4.74 Å². The lowest BCUT2D eigenvalue weighted by Crippen LogP contribution is -1.94. The monoisotopic (exact) mass is 208 g/mol. The van der Waals surface area contributed by atoms with Crippen LogP contribution in [0, 0.1) is 11.6 Å². The highest BCUT2D eigenvalue weighted by Gasteiger charge is 2.10. The summed E-state index contributed by atoms with van der Waals surface area (Å²) in [5.41, 5.74) is 0. The molecule has 76 valence electrons. The van der Waals surface area contributed by atoms with E-state index in [1.54, 1.807) is 6.07 Å². The third-order valence-electron chi connectivity index (χ3n) is 1.67. The first-order valence-electron chi connectivity index (χ1n) is 4.17. The number of rotatable bonds is 2. The molecule has 0 aliphatic heterocycles. The van der Waals surface area contributed by atoms with E-state index < -0.39 is 17.4 Å². The Kier molecular flexibility index (Phi) is 2.53. The van der Waals surface area contributed by atoms with Crippen molar-refractivity contribution in [1.29, 1.82) is 0 Å². The van der Waals surface area contributed by atoms with E-state index in [1.165, 1.54) is 18.3 Å². The molecule has 1 aromatic carbocycles. The second-order valence-electron chi connectivity index (χ2n) is 2.71. The maximum absolute atomic E-state index is 13.1. The summed E-state index contributed by atoms with van der Waals surface area (Å²) in [6, 6.07) is 6.48. The van der Waals surface area contributed by atoms with Crippen molar-refractivity contribution >= 4 is 0 Å². The molecule has 0 bridgehead atoms. The minimum atomic E-state index is -0.777. The maximum atomic E-state index is 13.1. The fourth-order valence-electron chi connectivity index (χ4n) is 1.03. The third-order valence-corrected chi connectivity index (χ3v) is 1.67. The van der Waals surface area contributed by atoms with Crippen LogP contribution >= 0.6 is 0 Å². The van der Waals surface area contributed by atoms with Crippen molar-refractivity contribution in [3.63, 3.8) is 0 Å². The minimum Gasteiger partial charge on any atom is -0.431 e. The molecule has 0 N–H and O–H groups in total. The molecule has 0 unspecified atom stereocenters. The van der Waals surface area contributed by atoms with Crippen LogP contribution in [0.25, 0.3) is 0 Å². The maximum Gasteiger partial charge on any atom is 0.239 e. The number of aromatic nitrogens is 2. The Morgan fingerprint density at radius 3 is 2.33 bits per heavy atom. The molecule has 0 fully saturated rings. The zero-order chi connectivity index (χ0) is 10.7. The van der Waals surface area contributed by atoms with Gasteiger partial charge in [0.2, 0.25) is 11.6 Å². The number of nitrogens with zero attached hydrogens (tertiary/aromatic N) is 2. The van der Waals surface area contributed by atoms with Crippen molar-refractivity contribution in [2.45, 2.75) is 0 Å². The Morgan fingerprint density at radius 1 is 1.00 bits per heavy atom. The molecule has 15 heavy (non-hydrogen) atoms. The summed E-state index contributed by atoms with van der Waals surface area (Å²) >= 11 is 0. The molecule has 0 radical (unpaired) electrons. The van der Waals surface area contributed by atoms with Gasteiger partial charge in [0.25, 0.3) is 0 Å². The predicted octanol–water partition coefficient (Wildman–Crippen LogP) is 2.55. The van der Waals surface area contributed by atoms with Gasteiger partial charge in [-0.25, -0.2) is 8.78 Å². The highest BCUT2D eigenvalue weighted by Crippen LogP contribution is 2.25. The summed E-state index contributed by atoms with van der Waals surface area (Å²) in [7, 11) is 0.